The van der Waals surface area contributed by atoms with E-state index in [1.165, 1.54) is 6.08 Å². The van der Waals surface area contributed by atoms with Crippen LogP contribution in [0.1, 0.15) is 46.0 Å². The summed E-state index contributed by atoms with van der Waals surface area (Å²) in [5.74, 6) is 0.589. The summed E-state index contributed by atoms with van der Waals surface area (Å²) in [5.41, 5.74) is -5.26. The van der Waals surface area contributed by atoms with Crippen LogP contribution in [0.5, 0.6) is 0 Å². The van der Waals surface area contributed by atoms with Gasteiger partial charge < -0.3 is 9.08 Å². The number of piperidine rings is 1. The van der Waals surface area contributed by atoms with Crippen LogP contribution < -0.4 is 0 Å². The fourth-order valence-electron chi connectivity index (χ4n) is 6.39. The number of rotatable bonds is 2. The van der Waals surface area contributed by atoms with Gasteiger partial charge in [0.15, 0.2) is 5.78 Å². The molecule has 0 aromatic heterocycles. The molecule has 0 bridgehead atoms. The molecule has 1 aliphatic heterocycles. The third kappa shape index (κ3) is 2.94. The van der Waals surface area contributed by atoms with E-state index in [1.54, 1.807) is 6.08 Å². The van der Waals surface area contributed by atoms with Gasteiger partial charge in [-0.25, -0.2) is 0 Å². The molecule has 4 aliphatic rings. The number of allylic oxidation sites excluding steroid dienone is 4. The van der Waals surface area contributed by atoms with Crippen molar-refractivity contribution in [2.75, 3.05) is 13.6 Å². The van der Waals surface area contributed by atoms with Gasteiger partial charge in [0.05, 0.1) is 0 Å². The minimum absolute atomic E-state index is 0.0122. The molecule has 0 aromatic rings. The smallest absolute Gasteiger partial charge is 0.380 e. The quantitative estimate of drug-likeness (QED) is 0.487. The summed E-state index contributed by atoms with van der Waals surface area (Å²) in [6.07, 6.45) is 6.40. The maximum absolute atomic E-state index is 12.8. The first-order valence-electron chi connectivity index (χ1n) is 9.97. The Morgan fingerprint density at radius 1 is 1.17 bits per heavy atom. The maximum Gasteiger partial charge on any atom is 0.534 e. The highest BCUT2D eigenvalue weighted by molar-refractivity contribution is 7.87. The molecule has 1 saturated heterocycles. The van der Waals surface area contributed by atoms with E-state index in [0.717, 1.165) is 18.5 Å². The van der Waals surface area contributed by atoms with Gasteiger partial charge >= 0.3 is 15.6 Å². The van der Waals surface area contributed by atoms with Crippen molar-refractivity contribution < 1.29 is 30.6 Å². The highest BCUT2D eigenvalue weighted by atomic mass is 32.2. The van der Waals surface area contributed by atoms with Crippen LogP contribution in [0.25, 0.3) is 0 Å². The van der Waals surface area contributed by atoms with Gasteiger partial charge in [-0.2, -0.15) is 21.6 Å². The molecular formula is C20H26F3NO4S. The highest BCUT2D eigenvalue weighted by Gasteiger charge is 2.60. The molecule has 1 saturated carbocycles. The largest absolute Gasteiger partial charge is 0.534 e. The van der Waals surface area contributed by atoms with Crippen molar-refractivity contribution in [3.8, 4) is 0 Å². The standard InChI is InChI=1S/C20H26F3NO4S/c1-18-8-6-12(25)10-16(18)24(3)11-13-14-4-5-17(19(14,2)9-7-15(13)18)28-29(26,27)20(21,22)23/h5,10,13-15H,4,6-9,11H2,1-3H3/t13-,14-,15-,18+,19-/m0/s1. The summed E-state index contributed by atoms with van der Waals surface area (Å²) < 4.78 is 66.3. The van der Waals surface area contributed by atoms with Crippen LogP contribution in [-0.4, -0.2) is 38.2 Å². The summed E-state index contributed by atoms with van der Waals surface area (Å²) in [6, 6.07) is 0. The lowest BCUT2D eigenvalue weighted by molar-refractivity contribution is -0.118. The summed E-state index contributed by atoms with van der Waals surface area (Å²) in [7, 11) is -3.72. The topological polar surface area (TPSA) is 63.7 Å². The van der Waals surface area contributed by atoms with Gasteiger partial charge in [-0.3, -0.25) is 4.79 Å². The molecule has 0 spiro atoms. The number of carbonyl (C=O) groups is 1. The average Bonchev–Trinajstić information content (AvgIpc) is 2.92. The molecule has 5 atom stereocenters. The molecule has 9 heteroatoms. The molecule has 1 heterocycles. The van der Waals surface area contributed by atoms with Crippen molar-refractivity contribution in [1.29, 1.82) is 0 Å². The lowest BCUT2D eigenvalue weighted by Crippen LogP contribution is -2.56. The fraction of sp³-hybridized carbons (Fsp3) is 0.750. The second-order valence-corrected chi connectivity index (χ2v) is 11.0. The maximum atomic E-state index is 12.8. The molecule has 0 aromatic carbocycles. The molecule has 0 N–H and O–H groups in total. The van der Waals surface area contributed by atoms with Crippen LogP contribution in [0.3, 0.4) is 0 Å². The van der Waals surface area contributed by atoms with Crippen molar-refractivity contribution in [2.45, 2.75) is 51.5 Å². The zero-order valence-corrected chi connectivity index (χ0v) is 17.6. The third-order valence-electron chi connectivity index (χ3n) is 7.92. The summed E-state index contributed by atoms with van der Waals surface area (Å²) in [6.45, 7) is 4.72. The Morgan fingerprint density at radius 2 is 1.86 bits per heavy atom. The van der Waals surface area contributed by atoms with E-state index < -0.39 is 21.0 Å². The Balaban J connectivity index is 1.64. The van der Waals surface area contributed by atoms with E-state index in [2.05, 4.69) is 16.0 Å². The molecule has 4 rings (SSSR count). The van der Waals surface area contributed by atoms with Crippen LogP contribution in [0, 0.1) is 28.6 Å². The van der Waals surface area contributed by atoms with E-state index in [0.29, 0.717) is 31.7 Å². The van der Waals surface area contributed by atoms with E-state index >= 15 is 0 Å². The number of halogens is 3. The van der Waals surface area contributed by atoms with Crippen LogP contribution in [0.15, 0.2) is 23.6 Å². The van der Waals surface area contributed by atoms with Crippen LogP contribution in [-0.2, 0) is 19.1 Å². The molecule has 2 fully saturated rings. The number of fused-ring (bicyclic) bond motifs is 5. The molecule has 5 nitrogen and oxygen atoms in total. The second-order valence-electron chi connectivity index (χ2n) is 9.41. The molecule has 0 amide bonds. The average molecular weight is 433 g/mol. The third-order valence-corrected chi connectivity index (χ3v) is 8.88. The predicted molar refractivity (Wildman–Crippen MR) is 99.6 cm³/mol. The Morgan fingerprint density at radius 3 is 2.52 bits per heavy atom. The molecule has 0 radical (unpaired) electrons. The molecule has 29 heavy (non-hydrogen) atoms. The number of likely N-dealkylation sites (tertiary alicyclic amines) is 1. The zero-order valence-electron chi connectivity index (χ0n) is 16.8. The van der Waals surface area contributed by atoms with Crippen molar-refractivity contribution >= 4 is 15.9 Å². The van der Waals surface area contributed by atoms with Gasteiger partial charge in [0.25, 0.3) is 0 Å². The van der Waals surface area contributed by atoms with Crippen molar-refractivity contribution in [2.24, 2.45) is 28.6 Å². The zero-order chi connectivity index (χ0) is 21.4. The van der Waals surface area contributed by atoms with Crippen molar-refractivity contribution in [3.63, 3.8) is 0 Å². The number of alkyl halides is 3. The van der Waals surface area contributed by atoms with Crippen molar-refractivity contribution in [3.05, 3.63) is 23.6 Å². The minimum atomic E-state index is -5.67. The van der Waals surface area contributed by atoms with Crippen LogP contribution >= 0.6 is 0 Å². The number of carbonyl (C=O) groups excluding carboxylic acids is 1. The van der Waals surface area contributed by atoms with Gasteiger partial charge in [-0.05, 0) is 49.5 Å². The fourth-order valence-corrected chi connectivity index (χ4v) is 6.98. The van der Waals surface area contributed by atoms with Crippen LogP contribution in [0.2, 0.25) is 0 Å². The summed E-state index contributed by atoms with van der Waals surface area (Å²) in [4.78, 5) is 14.1. The Bertz CT molecular complexity index is 909. The first-order valence-corrected chi connectivity index (χ1v) is 11.4. The lowest BCUT2D eigenvalue weighted by atomic mass is 9.50. The van der Waals surface area contributed by atoms with E-state index in [1.807, 2.05) is 14.0 Å². The first kappa shape index (κ1) is 20.8. The SMILES string of the molecule is CN1C[C@@H]2[C@H](CC[C@]3(C)C(OS(=O)(=O)C(F)(F)F)=CC[C@@H]23)[C@@]2(C)CCC(=O)C=C12. The normalized spacial score (nSPS) is 39.9. The molecule has 162 valence electrons. The van der Waals surface area contributed by atoms with E-state index in [4.69, 9.17) is 0 Å². The second kappa shape index (κ2) is 6.25. The molecular weight excluding hydrogens is 407 g/mol. The minimum Gasteiger partial charge on any atom is -0.380 e. The number of nitrogens with zero attached hydrogens (tertiary/aromatic N) is 1. The monoisotopic (exact) mass is 433 g/mol. The van der Waals surface area contributed by atoms with Gasteiger partial charge in [0.2, 0.25) is 0 Å². The highest BCUT2D eigenvalue weighted by Crippen LogP contribution is 2.64. The van der Waals surface area contributed by atoms with Gasteiger partial charge in [0, 0.05) is 42.6 Å². The predicted octanol–water partition coefficient (Wildman–Crippen LogP) is 3.99. The van der Waals surface area contributed by atoms with Gasteiger partial charge in [-0.15, -0.1) is 0 Å². The molecule has 0 unspecified atom stereocenters. The van der Waals surface area contributed by atoms with Gasteiger partial charge in [-0.1, -0.05) is 13.8 Å². The first-order chi connectivity index (χ1) is 13.3. The summed E-state index contributed by atoms with van der Waals surface area (Å²) in [5, 5.41) is 0. The Labute approximate surface area is 169 Å². The molecule has 3 aliphatic carbocycles. The van der Waals surface area contributed by atoms with Gasteiger partial charge in [0.1, 0.15) is 5.76 Å². The van der Waals surface area contributed by atoms with Crippen LogP contribution in [0.4, 0.5) is 13.2 Å². The van der Waals surface area contributed by atoms with E-state index in [-0.39, 0.29) is 28.8 Å². The number of ketones is 1. The Hall–Kier alpha value is -1.51. The lowest BCUT2D eigenvalue weighted by Gasteiger charge is -2.59. The van der Waals surface area contributed by atoms with E-state index in [9.17, 15) is 26.4 Å². The Kier molecular flexibility index (Phi) is 4.47. The number of hydrogen-bond acceptors (Lipinski definition) is 5. The van der Waals surface area contributed by atoms with Crippen molar-refractivity contribution in [1.82, 2.24) is 4.90 Å². The summed E-state index contributed by atoms with van der Waals surface area (Å²) >= 11 is 0. The number of hydrogen-bond donors (Lipinski definition) is 0.